The molecule has 1 aliphatic rings. The van der Waals surface area contributed by atoms with E-state index in [0.717, 1.165) is 41.9 Å². The zero-order chi connectivity index (χ0) is 18.1. The predicted molar refractivity (Wildman–Crippen MR) is 96.2 cm³/mol. The first-order valence-electron chi connectivity index (χ1n) is 8.47. The number of benzene rings is 1. The van der Waals surface area contributed by atoms with Crippen LogP contribution in [0.5, 0.6) is 0 Å². The van der Waals surface area contributed by atoms with E-state index >= 15 is 0 Å². The number of pyridine rings is 1. The molecule has 8 heteroatoms. The molecular formula is C18H16N6O2. The molecule has 0 bridgehead atoms. The maximum atomic E-state index is 10.9. The lowest BCUT2D eigenvalue weighted by Crippen LogP contribution is -2.00. The SMILES string of the molecule is N#Cc1nc(Nc2ccc3c(c2)nc2n3CCCCC2)ccc1[N+](=O)[O-]. The summed E-state index contributed by atoms with van der Waals surface area (Å²) < 4.78 is 2.28. The third-order valence-electron chi connectivity index (χ3n) is 4.56. The van der Waals surface area contributed by atoms with Crippen molar-refractivity contribution in [3.8, 4) is 6.07 Å². The molecule has 0 unspecified atom stereocenters. The molecule has 3 heterocycles. The van der Waals surface area contributed by atoms with Crippen LogP contribution in [-0.4, -0.2) is 19.5 Å². The molecule has 0 radical (unpaired) electrons. The van der Waals surface area contributed by atoms with Crippen LogP contribution in [-0.2, 0) is 13.0 Å². The number of hydrogen-bond donors (Lipinski definition) is 1. The lowest BCUT2D eigenvalue weighted by molar-refractivity contribution is -0.385. The maximum absolute atomic E-state index is 10.9. The van der Waals surface area contributed by atoms with Crippen molar-refractivity contribution in [2.75, 3.05) is 5.32 Å². The monoisotopic (exact) mass is 348 g/mol. The summed E-state index contributed by atoms with van der Waals surface area (Å²) in [6.45, 7) is 0.994. The molecule has 0 saturated heterocycles. The number of nitrogens with zero attached hydrogens (tertiary/aromatic N) is 5. The Hall–Kier alpha value is -3.47. The van der Waals surface area contributed by atoms with Gasteiger partial charge in [-0.3, -0.25) is 10.1 Å². The molecule has 0 atom stereocenters. The molecule has 0 saturated carbocycles. The number of nitrogens with one attached hydrogen (secondary N) is 1. The number of rotatable bonds is 3. The number of aromatic nitrogens is 3. The smallest absolute Gasteiger partial charge is 0.305 e. The molecular weight excluding hydrogens is 332 g/mol. The second kappa shape index (κ2) is 6.44. The predicted octanol–water partition coefficient (Wildman–Crippen LogP) is 3.68. The highest BCUT2D eigenvalue weighted by atomic mass is 16.6. The van der Waals surface area contributed by atoms with Crippen molar-refractivity contribution in [1.82, 2.24) is 14.5 Å². The number of nitriles is 1. The highest BCUT2D eigenvalue weighted by molar-refractivity contribution is 5.81. The lowest BCUT2D eigenvalue weighted by atomic mass is 10.2. The minimum absolute atomic E-state index is 0.213. The zero-order valence-corrected chi connectivity index (χ0v) is 14.0. The van der Waals surface area contributed by atoms with Gasteiger partial charge in [0.15, 0.2) is 0 Å². The van der Waals surface area contributed by atoms with Crippen LogP contribution in [0.2, 0.25) is 0 Å². The number of anilines is 2. The van der Waals surface area contributed by atoms with Gasteiger partial charge in [-0.25, -0.2) is 9.97 Å². The Labute approximate surface area is 149 Å². The molecule has 0 amide bonds. The van der Waals surface area contributed by atoms with Gasteiger partial charge in [-0.2, -0.15) is 5.26 Å². The minimum Gasteiger partial charge on any atom is -0.340 e. The fraction of sp³-hybridized carbons (Fsp3) is 0.278. The van der Waals surface area contributed by atoms with E-state index in [1.165, 1.54) is 25.0 Å². The molecule has 2 aromatic heterocycles. The molecule has 1 aromatic carbocycles. The lowest BCUT2D eigenvalue weighted by Gasteiger charge is -2.07. The van der Waals surface area contributed by atoms with Gasteiger partial charge in [0.05, 0.1) is 16.0 Å². The molecule has 8 nitrogen and oxygen atoms in total. The third-order valence-corrected chi connectivity index (χ3v) is 4.56. The van der Waals surface area contributed by atoms with Crippen LogP contribution in [0.15, 0.2) is 30.3 Å². The Morgan fingerprint density at radius 3 is 2.88 bits per heavy atom. The van der Waals surface area contributed by atoms with Gasteiger partial charge in [0.1, 0.15) is 17.7 Å². The first-order chi connectivity index (χ1) is 12.7. The van der Waals surface area contributed by atoms with Gasteiger partial charge < -0.3 is 9.88 Å². The first-order valence-corrected chi connectivity index (χ1v) is 8.47. The van der Waals surface area contributed by atoms with Crippen LogP contribution in [0.1, 0.15) is 30.8 Å². The van der Waals surface area contributed by atoms with E-state index in [2.05, 4.69) is 14.9 Å². The van der Waals surface area contributed by atoms with E-state index in [9.17, 15) is 10.1 Å². The number of nitro groups is 1. The molecule has 26 heavy (non-hydrogen) atoms. The summed E-state index contributed by atoms with van der Waals surface area (Å²) >= 11 is 0. The Morgan fingerprint density at radius 2 is 2.08 bits per heavy atom. The van der Waals surface area contributed by atoms with Crippen molar-refractivity contribution in [3.63, 3.8) is 0 Å². The summed E-state index contributed by atoms with van der Waals surface area (Å²) in [4.78, 5) is 19.1. The van der Waals surface area contributed by atoms with Gasteiger partial charge in [-0.1, -0.05) is 6.42 Å². The van der Waals surface area contributed by atoms with Crippen molar-refractivity contribution in [1.29, 1.82) is 5.26 Å². The highest BCUT2D eigenvalue weighted by Crippen LogP contribution is 2.26. The summed E-state index contributed by atoms with van der Waals surface area (Å²) in [7, 11) is 0. The Bertz CT molecular complexity index is 1050. The number of imidazole rings is 1. The largest absolute Gasteiger partial charge is 0.340 e. The average molecular weight is 348 g/mol. The Morgan fingerprint density at radius 1 is 1.19 bits per heavy atom. The van der Waals surface area contributed by atoms with Gasteiger partial charge in [-0.05, 0) is 37.1 Å². The van der Waals surface area contributed by atoms with Crippen LogP contribution in [0.25, 0.3) is 11.0 Å². The van der Waals surface area contributed by atoms with Crippen LogP contribution in [0, 0.1) is 21.4 Å². The highest BCUT2D eigenvalue weighted by Gasteiger charge is 2.16. The van der Waals surface area contributed by atoms with Gasteiger partial charge in [-0.15, -0.1) is 0 Å². The summed E-state index contributed by atoms with van der Waals surface area (Å²) in [5.41, 5.74) is 2.29. The quantitative estimate of drug-likeness (QED) is 0.571. The molecule has 4 rings (SSSR count). The summed E-state index contributed by atoms with van der Waals surface area (Å²) in [6, 6.07) is 10.4. The first kappa shape index (κ1) is 16.0. The van der Waals surface area contributed by atoms with Gasteiger partial charge in [0.2, 0.25) is 5.69 Å². The summed E-state index contributed by atoms with van der Waals surface area (Å²) in [5, 5.41) is 23.1. The molecule has 0 aliphatic carbocycles. The fourth-order valence-corrected chi connectivity index (χ4v) is 3.33. The van der Waals surface area contributed by atoms with Gasteiger partial charge in [0.25, 0.3) is 0 Å². The molecule has 1 N–H and O–H groups in total. The van der Waals surface area contributed by atoms with E-state index in [0.29, 0.717) is 5.82 Å². The molecule has 130 valence electrons. The second-order valence-electron chi connectivity index (χ2n) is 6.25. The van der Waals surface area contributed by atoms with Crippen LogP contribution < -0.4 is 5.32 Å². The van der Waals surface area contributed by atoms with Crippen molar-refractivity contribution < 1.29 is 4.92 Å². The molecule has 3 aromatic rings. The third kappa shape index (κ3) is 2.84. The van der Waals surface area contributed by atoms with Crippen molar-refractivity contribution in [2.45, 2.75) is 32.2 Å². The number of hydrogen-bond acceptors (Lipinski definition) is 6. The van der Waals surface area contributed by atoms with Crippen molar-refractivity contribution in [2.24, 2.45) is 0 Å². The molecule has 1 aliphatic heterocycles. The van der Waals surface area contributed by atoms with E-state index in [1.807, 2.05) is 18.2 Å². The maximum Gasteiger partial charge on any atom is 0.305 e. The topological polar surface area (TPSA) is 110 Å². The normalized spacial score (nSPS) is 13.7. The minimum atomic E-state index is -0.612. The van der Waals surface area contributed by atoms with E-state index in [1.54, 1.807) is 6.07 Å². The summed E-state index contributed by atoms with van der Waals surface area (Å²) in [5.74, 6) is 1.50. The summed E-state index contributed by atoms with van der Waals surface area (Å²) in [6.07, 6.45) is 4.56. The molecule has 0 spiro atoms. The standard InChI is InChI=1S/C18H16N6O2/c19-11-14-16(24(25)26)7-8-17(21-14)20-12-5-6-15-13(10-12)22-18-4-2-1-3-9-23(15)18/h5-8,10H,1-4,9H2,(H,20,21). The van der Waals surface area contributed by atoms with Crippen molar-refractivity contribution >= 4 is 28.2 Å². The van der Waals surface area contributed by atoms with E-state index in [4.69, 9.17) is 10.2 Å². The van der Waals surface area contributed by atoms with Crippen LogP contribution >= 0.6 is 0 Å². The Balaban J connectivity index is 1.66. The number of fused-ring (bicyclic) bond motifs is 3. The zero-order valence-electron chi connectivity index (χ0n) is 14.0. The molecule has 0 fully saturated rings. The average Bonchev–Trinajstić information content (AvgIpc) is 2.81. The van der Waals surface area contributed by atoms with Crippen LogP contribution in [0.4, 0.5) is 17.2 Å². The van der Waals surface area contributed by atoms with E-state index < -0.39 is 4.92 Å². The fourth-order valence-electron chi connectivity index (χ4n) is 3.33. The van der Waals surface area contributed by atoms with Crippen molar-refractivity contribution in [3.05, 3.63) is 52.0 Å². The number of aryl methyl sites for hydroxylation is 2. The van der Waals surface area contributed by atoms with E-state index in [-0.39, 0.29) is 11.4 Å². The van der Waals surface area contributed by atoms with Gasteiger partial charge >= 0.3 is 5.69 Å². The van der Waals surface area contributed by atoms with Crippen LogP contribution in [0.3, 0.4) is 0 Å². The Kier molecular flexibility index (Phi) is 3.97. The van der Waals surface area contributed by atoms with Gasteiger partial charge in [0, 0.05) is 24.7 Å². The second-order valence-corrected chi connectivity index (χ2v) is 6.25.